The molecule has 0 bridgehead atoms. The standard InChI is InChI=1S/C16H23NO2S/c1-11-4-5-13(3)15(8-11)20-10-16(19)17-7-6-12(2)14(18)9-17/h4-5,8,12,14,18H,6-7,9-10H2,1-3H3. The maximum Gasteiger partial charge on any atom is 0.233 e. The van der Waals surface area contributed by atoms with Gasteiger partial charge in [0.25, 0.3) is 0 Å². The first-order chi connectivity index (χ1) is 9.47. The van der Waals surface area contributed by atoms with E-state index in [2.05, 4.69) is 32.0 Å². The van der Waals surface area contributed by atoms with Crippen molar-refractivity contribution in [3.05, 3.63) is 29.3 Å². The van der Waals surface area contributed by atoms with E-state index >= 15 is 0 Å². The summed E-state index contributed by atoms with van der Waals surface area (Å²) in [6.45, 7) is 7.42. The Hall–Kier alpha value is -1.00. The van der Waals surface area contributed by atoms with Crippen LogP contribution in [0.15, 0.2) is 23.1 Å². The summed E-state index contributed by atoms with van der Waals surface area (Å²) in [7, 11) is 0. The van der Waals surface area contributed by atoms with E-state index in [1.54, 1.807) is 16.7 Å². The number of thioether (sulfide) groups is 1. The van der Waals surface area contributed by atoms with Gasteiger partial charge in [0, 0.05) is 18.0 Å². The predicted octanol–water partition coefficient (Wildman–Crippen LogP) is 2.62. The van der Waals surface area contributed by atoms with Crippen molar-refractivity contribution in [1.29, 1.82) is 0 Å². The minimum atomic E-state index is -0.376. The van der Waals surface area contributed by atoms with E-state index in [4.69, 9.17) is 0 Å². The third-order valence-corrected chi connectivity index (χ3v) is 5.11. The Kier molecular flexibility index (Phi) is 5.11. The average molecular weight is 293 g/mol. The normalized spacial score (nSPS) is 22.9. The molecule has 1 aliphatic rings. The van der Waals surface area contributed by atoms with Gasteiger partial charge >= 0.3 is 0 Å². The van der Waals surface area contributed by atoms with Crippen molar-refractivity contribution in [2.24, 2.45) is 5.92 Å². The molecule has 0 aromatic heterocycles. The van der Waals surface area contributed by atoms with Gasteiger partial charge in [0.1, 0.15) is 0 Å². The highest BCUT2D eigenvalue weighted by atomic mass is 32.2. The van der Waals surface area contributed by atoms with E-state index in [-0.39, 0.29) is 12.0 Å². The van der Waals surface area contributed by atoms with Crippen LogP contribution in [0.1, 0.15) is 24.5 Å². The van der Waals surface area contributed by atoms with Crippen LogP contribution in [-0.4, -0.2) is 40.9 Å². The molecule has 1 fully saturated rings. The first-order valence-electron chi connectivity index (χ1n) is 7.13. The van der Waals surface area contributed by atoms with E-state index in [0.717, 1.165) is 13.0 Å². The molecule has 0 spiro atoms. The number of carbonyl (C=O) groups excluding carboxylic acids is 1. The summed E-state index contributed by atoms with van der Waals surface area (Å²) in [5.41, 5.74) is 2.42. The Morgan fingerprint density at radius 1 is 1.45 bits per heavy atom. The summed E-state index contributed by atoms with van der Waals surface area (Å²) in [5, 5.41) is 9.86. The maximum absolute atomic E-state index is 12.2. The number of aliphatic hydroxyl groups excluding tert-OH is 1. The molecule has 1 saturated heterocycles. The summed E-state index contributed by atoms with van der Waals surface area (Å²) in [5.74, 6) is 0.873. The number of rotatable bonds is 3. The molecule has 1 aliphatic heterocycles. The molecular weight excluding hydrogens is 270 g/mol. The van der Waals surface area contributed by atoms with Gasteiger partial charge in [-0.3, -0.25) is 4.79 Å². The smallest absolute Gasteiger partial charge is 0.233 e. The lowest BCUT2D eigenvalue weighted by atomic mass is 9.96. The Morgan fingerprint density at radius 3 is 2.90 bits per heavy atom. The molecule has 1 amide bonds. The van der Waals surface area contributed by atoms with Crippen LogP contribution in [0.25, 0.3) is 0 Å². The summed E-state index contributed by atoms with van der Waals surface area (Å²) < 4.78 is 0. The lowest BCUT2D eigenvalue weighted by Gasteiger charge is -2.34. The molecule has 0 saturated carbocycles. The third-order valence-electron chi connectivity index (χ3n) is 3.97. The number of hydrogen-bond donors (Lipinski definition) is 1. The van der Waals surface area contributed by atoms with Gasteiger partial charge in [0.2, 0.25) is 5.91 Å². The largest absolute Gasteiger partial charge is 0.391 e. The molecule has 1 N–H and O–H groups in total. The average Bonchev–Trinajstić information content (AvgIpc) is 2.42. The molecule has 3 nitrogen and oxygen atoms in total. The van der Waals surface area contributed by atoms with Gasteiger partial charge in [-0.05, 0) is 37.8 Å². The molecule has 1 heterocycles. The lowest BCUT2D eigenvalue weighted by molar-refractivity contribution is -0.132. The molecule has 20 heavy (non-hydrogen) atoms. The van der Waals surface area contributed by atoms with Crippen molar-refractivity contribution in [2.75, 3.05) is 18.8 Å². The van der Waals surface area contributed by atoms with Crippen molar-refractivity contribution in [3.63, 3.8) is 0 Å². The van der Waals surface area contributed by atoms with E-state index in [1.165, 1.54) is 16.0 Å². The highest BCUT2D eigenvalue weighted by molar-refractivity contribution is 8.00. The zero-order valence-corrected chi connectivity index (χ0v) is 13.2. The Balaban J connectivity index is 1.90. The van der Waals surface area contributed by atoms with Crippen molar-refractivity contribution in [2.45, 2.75) is 38.2 Å². The van der Waals surface area contributed by atoms with E-state index in [1.807, 2.05) is 6.92 Å². The Labute approximate surface area is 125 Å². The van der Waals surface area contributed by atoms with Crippen LogP contribution in [0, 0.1) is 19.8 Å². The quantitative estimate of drug-likeness (QED) is 0.871. The number of β-amino-alcohol motifs (C(OH)–C–C–N with tert-alkyl or cyclic N) is 1. The zero-order valence-electron chi connectivity index (χ0n) is 12.4. The van der Waals surface area contributed by atoms with Crippen molar-refractivity contribution in [3.8, 4) is 0 Å². The fraction of sp³-hybridized carbons (Fsp3) is 0.562. The number of amides is 1. The highest BCUT2D eigenvalue weighted by Crippen LogP contribution is 2.25. The summed E-state index contributed by atoms with van der Waals surface area (Å²) in [4.78, 5) is 15.2. The molecule has 0 radical (unpaired) electrons. The summed E-state index contributed by atoms with van der Waals surface area (Å²) >= 11 is 1.59. The van der Waals surface area contributed by atoms with Gasteiger partial charge in [-0.2, -0.15) is 0 Å². The van der Waals surface area contributed by atoms with E-state index in [9.17, 15) is 9.90 Å². The number of aliphatic hydroxyl groups is 1. The monoisotopic (exact) mass is 293 g/mol. The Bertz CT molecular complexity index is 489. The number of nitrogens with zero attached hydrogens (tertiary/aromatic N) is 1. The second-order valence-electron chi connectivity index (χ2n) is 5.73. The number of hydrogen-bond acceptors (Lipinski definition) is 3. The molecule has 1 aromatic rings. The minimum absolute atomic E-state index is 0.127. The van der Waals surface area contributed by atoms with Crippen molar-refractivity contribution < 1.29 is 9.90 Å². The number of aryl methyl sites for hydroxylation is 2. The topological polar surface area (TPSA) is 40.5 Å². The van der Waals surface area contributed by atoms with Crippen LogP contribution in [0.5, 0.6) is 0 Å². The van der Waals surface area contributed by atoms with Crippen LogP contribution in [0.3, 0.4) is 0 Å². The SMILES string of the molecule is Cc1ccc(C)c(SCC(=O)N2CCC(C)C(O)C2)c1. The number of likely N-dealkylation sites (tertiary alicyclic amines) is 1. The molecule has 1 aromatic carbocycles. The number of carbonyl (C=O) groups is 1. The summed E-state index contributed by atoms with van der Waals surface area (Å²) in [6.07, 6.45) is 0.513. The van der Waals surface area contributed by atoms with Crippen LogP contribution >= 0.6 is 11.8 Å². The van der Waals surface area contributed by atoms with Crippen LogP contribution < -0.4 is 0 Å². The van der Waals surface area contributed by atoms with Gasteiger partial charge in [-0.15, -0.1) is 11.8 Å². The van der Waals surface area contributed by atoms with Gasteiger partial charge in [0.05, 0.1) is 11.9 Å². The Morgan fingerprint density at radius 2 is 2.20 bits per heavy atom. The van der Waals surface area contributed by atoms with Crippen LogP contribution in [-0.2, 0) is 4.79 Å². The lowest BCUT2D eigenvalue weighted by Crippen LogP contribution is -2.46. The number of piperidine rings is 1. The molecule has 2 unspecified atom stereocenters. The molecule has 2 rings (SSSR count). The predicted molar refractivity (Wildman–Crippen MR) is 83.0 cm³/mol. The highest BCUT2D eigenvalue weighted by Gasteiger charge is 2.27. The number of benzene rings is 1. The maximum atomic E-state index is 12.2. The second kappa shape index (κ2) is 6.64. The first-order valence-corrected chi connectivity index (χ1v) is 8.12. The fourth-order valence-electron chi connectivity index (χ4n) is 2.37. The van der Waals surface area contributed by atoms with Gasteiger partial charge in [-0.1, -0.05) is 24.6 Å². The molecule has 2 atom stereocenters. The molecular formula is C16H23NO2S. The van der Waals surface area contributed by atoms with E-state index < -0.39 is 0 Å². The minimum Gasteiger partial charge on any atom is -0.391 e. The second-order valence-corrected chi connectivity index (χ2v) is 6.75. The van der Waals surface area contributed by atoms with Gasteiger partial charge in [-0.25, -0.2) is 0 Å². The molecule has 4 heteroatoms. The van der Waals surface area contributed by atoms with Gasteiger partial charge in [0.15, 0.2) is 0 Å². The third kappa shape index (κ3) is 3.76. The van der Waals surface area contributed by atoms with Crippen LogP contribution in [0.2, 0.25) is 0 Å². The van der Waals surface area contributed by atoms with Crippen LogP contribution in [0.4, 0.5) is 0 Å². The van der Waals surface area contributed by atoms with Gasteiger partial charge < -0.3 is 10.0 Å². The zero-order chi connectivity index (χ0) is 14.7. The molecule has 110 valence electrons. The van der Waals surface area contributed by atoms with Crippen molar-refractivity contribution in [1.82, 2.24) is 4.90 Å². The van der Waals surface area contributed by atoms with Crippen molar-refractivity contribution >= 4 is 17.7 Å². The molecule has 0 aliphatic carbocycles. The van der Waals surface area contributed by atoms with E-state index in [0.29, 0.717) is 18.2 Å². The first kappa shape index (κ1) is 15.4. The summed E-state index contributed by atoms with van der Waals surface area (Å²) in [6, 6.07) is 6.30. The fourth-order valence-corrected chi connectivity index (χ4v) is 3.40.